The molecule has 1 unspecified atom stereocenters. The summed E-state index contributed by atoms with van der Waals surface area (Å²) in [6.07, 6.45) is 1.29. The van der Waals surface area contributed by atoms with Crippen LogP contribution in [0.25, 0.3) is 0 Å². The molecule has 0 saturated heterocycles. The van der Waals surface area contributed by atoms with E-state index < -0.39 is 6.04 Å². The SMILES string of the molecule is CC(Nc1cc(=O)[nH]cn1)C(=O)N(C)C. The van der Waals surface area contributed by atoms with Crippen molar-refractivity contribution < 1.29 is 4.79 Å². The van der Waals surface area contributed by atoms with E-state index in [0.29, 0.717) is 5.82 Å². The molecular formula is C9H14N4O2. The second kappa shape index (κ2) is 4.59. The Kier molecular flexibility index (Phi) is 3.43. The molecule has 0 aliphatic rings. The van der Waals surface area contributed by atoms with E-state index in [2.05, 4.69) is 15.3 Å². The normalized spacial score (nSPS) is 11.9. The number of hydrogen-bond donors (Lipinski definition) is 2. The zero-order valence-electron chi connectivity index (χ0n) is 8.94. The zero-order valence-corrected chi connectivity index (χ0v) is 8.94. The van der Waals surface area contributed by atoms with Gasteiger partial charge in [-0.25, -0.2) is 4.98 Å². The number of hydrogen-bond acceptors (Lipinski definition) is 4. The van der Waals surface area contributed by atoms with Gasteiger partial charge in [-0.2, -0.15) is 0 Å². The molecule has 0 aliphatic heterocycles. The summed E-state index contributed by atoms with van der Waals surface area (Å²) in [6.45, 7) is 1.71. The highest BCUT2D eigenvalue weighted by Gasteiger charge is 2.14. The van der Waals surface area contributed by atoms with Gasteiger partial charge in [-0.15, -0.1) is 0 Å². The van der Waals surface area contributed by atoms with E-state index in [0.717, 1.165) is 0 Å². The van der Waals surface area contributed by atoms with Gasteiger partial charge in [0, 0.05) is 20.2 Å². The Hall–Kier alpha value is -1.85. The second-order valence-corrected chi connectivity index (χ2v) is 3.40. The van der Waals surface area contributed by atoms with Crippen LogP contribution in [0.2, 0.25) is 0 Å². The molecule has 0 spiro atoms. The molecule has 0 aromatic carbocycles. The van der Waals surface area contributed by atoms with E-state index in [1.807, 2.05) is 0 Å². The first-order valence-electron chi connectivity index (χ1n) is 4.53. The number of likely N-dealkylation sites (N-methyl/N-ethyl adjacent to an activating group) is 1. The summed E-state index contributed by atoms with van der Waals surface area (Å²) in [5.74, 6) is 0.318. The molecule has 6 heteroatoms. The van der Waals surface area contributed by atoms with Gasteiger partial charge >= 0.3 is 0 Å². The average Bonchev–Trinajstić information content (AvgIpc) is 2.16. The number of amides is 1. The van der Waals surface area contributed by atoms with Gasteiger partial charge in [0.1, 0.15) is 11.9 Å². The largest absolute Gasteiger partial charge is 0.358 e. The van der Waals surface area contributed by atoms with Crippen LogP contribution in [0.1, 0.15) is 6.92 Å². The number of carbonyl (C=O) groups excluding carboxylic acids is 1. The van der Waals surface area contributed by atoms with Crippen LogP contribution in [0.15, 0.2) is 17.2 Å². The summed E-state index contributed by atoms with van der Waals surface area (Å²) in [4.78, 5) is 30.2. The maximum Gasteiger partial charge on any atom is 0.252 e. The fourth-order valence-electron chi connectivity index (χ4n) is 1.12. The van der Waals surface area contributed by atoms with Crippen LogP contribution in [0.3, 0.4) is 0 Å². The van der Waals surface area contributed by atoms with Gasteiger partial charge in [-0.05, 0) is 6.92 Å². The lowest BCUT2D eigenvalue weighted by Gasteiger charge is -2.17. The highest BCUT2D eigenvalue weighted by molar-refractivity contribution is 5.83. The lowest BCUT2D eigenvalue weighted by atomic mass is 10.3. The van der Waals surface area contributed by atoms with Crippen molar-refractivity contribution in [3.8, 4) is 0 Å². The van der Waals surface area contributed by atoms with E-state index in [9.17, 15) is 9.59 Å². The Morgan fingerprint density at radius 1 is 1.60 bits per heavy atom. The fraction of sp³-hybridized carbons (Fsp3) is 0.444. The van der Waals surface area contributed by atoms with Crippen molar-refractivity contribution >= 4 is 11.7 Å². The number of anilines is 1. The molecule has 1 rings (SSSR count). The molecule has 1 amide bonds. The van der Waals surface area contributed by atoms with Gasteiger partial charge in [0.05, 0.1) is 6.33 Å². The molecule has 2 N–H and O–H groups in total. The summed E-state index contributed by atoms with van der Waals surface area (Å²) >= 11 is 0. The number of rotatable bonds is 3. The number of H-pyrrole nitrogens is 1. The topological polar surface area (TPSA) is 78.1 Å². The number of carbonyl (C=O) groups is 1. The molecule has 0 fully saturated rings. The van der Waals surface area contributed by atoms with Crippen molar-refractivity contribution in [3.63, 3.8) is 0 Å². The van der Waals surface area contributed by atoms with Crippen LogP contribution >= 0.6 is 0 Å². The first-order chi connectivity index (χ1) is 7.00. The third-order valence-corrected chi connectivity index (χ3v) is 1.85. The van der Waals surface area contributed by atoms with Crippen molar-refractivity contribution in [1.82, 2.24) is 14.9 Å². The maximum absolute atomic E-state index is 11.5. The average molecular weight is 210 g/mol. The van der Waals surface area contributed by atoms with Crippen molar-refractivity contribution in [3.05, 3.63) is 22.7 Å². The minimum absolute atomic E-state index is 0.0721. The van der Waals surface area contributed by atoms with Gasteiger partial charge in [0.15, 0.2) is 0 Å². The molecule has 0 saturated carbocycles. The highest BCUT2D eigenvalue weighted by Crippen LogP contribution is 2.00. The van der Waals surface area contributed by atoms with Crippen molar-refractivity contribution in [2.24, 2.45) is 0 Å². The maximum atomic E-state index is 11.5. The molecule has 0 bridgehead atoms. The third kappa shape index (κ3) is 3.08. The summed E-state index contributed by atoms with van der Waals surface area (Å²) in [5.41, 5.74) is -0.253. The smallest absolute Gasteiger partial charge is 0.252 e. The molecule has 82 valence electrons. The number of aromatic nitrogens is 2. The lowest BCUT2D eigenvalue weighted by Crippen LogP contribution is -2.37. The van der Waals surface area contributed by atoms with Gasteiger partial charge < -0.3 is 15.2 Å². The monoisotopic (exact) mass is 210 g/mol. The Morgan fingerprint density at radius 3 is 2.80 bits per heavy atom. The van der Waals surface area contributed by atoms with Crippen molar-refractivity contribution in [2.45, 2.75) is 13.0 Å². The molecule has 1 aromatic rings. The van der Waals surface area contributed by atoms with E-state index in [-0.39, 0.29) is 11.5 Å². The quantitative estimate of drug-likeness (QED) is 0.715. The van der Waals surface area contributed by atoms with Crippen LogP contribution in [0, 0.1) is 0 Å². The van der Waals surface area contributed by atoms with Crippen molar-refractivity contribution in [2.75, 3.05) is 19.4 Å². The fourth-order valence-corrected chi connectivity index (χ4v) is 1.12. The summed E-state index contributed by atoms with van der Waals surface area (Å²) < 4.78 is 0. The van der Waals surface area contributed by atoms with Gasteiger partial charge in [0.25, 0.3) is 5.56 Å². The Balaban J connectivity index is 2.70. The van der Waals surface area contributed by atoms with E-state index in [4.69, 9.17) is 0 Å². The molecule has 1 atom stereocenters. The lowest BCUT2D eigenvalue weighted by molar-refractivity contribution is -0.129. The molecule has 0 radical (unpaired) electrons. The van der Waals surface area contributed by atoms with Crippen LogP contribution in [-0.4, -0.2) is 40.9 Å². The van der Waals surface area contributed by atoms with Gasteiger partial charge in [0.2, 0.25) is 5.91 Å². The molecular weight excluding hydrogens is 196 g/mol. The van der Waals surface area contributed by atoms with Crippen LogP contribution < -0.4 is 10.9 Å². The zero-order chi connectivity index (χ0) is 11.4. The van der Waals surface area contributed by atoms with E-state index >= 15 is 0 Å². The van der Waals surface area contributed by atoms with Crippen LogP contribution in [-0.2, 0) is 4.79 Å². The highest BCUT2D eigenvalue weighted by atomic mass is 16.2. The van der Waals surface area contributed by atoms with E-state index in [1.54, 1.807) is 21.0 Å². The molecule has 15 heavy (non-hydrogen) atoms. The molecule has 6 nitrogen and oxygen atoms in total. The van der Waals surface area contributed by atoms with E-state index in [1.165, 1.54) is 17.3 Å². The Bertz CT molecular complexity index is 399. The molecule has 1 aromatic heterocycles. The number of aromatic amines is 1. The predicted molar refractivity (Wildman–Crippen MR) is 56.6 cm³/mol. The predicted octanol–water partition coefficient (Wildman–Crippen LogP) is -0.342. The first-order valence-corrected chi connectivity index (χ1v) is 4.53. The molecule has 0 aliphatic carbocycles. The van der Waals surface area contributed by atoms with Gasteiger partial charge in [-0.1, -0.05) is 0 Å². The number of nitrogens with zero attached hydrogens (tertiary/aromatic N) is 2. The minimum atomic E-state index is -0.408. The third-order valence-electron chi connectivity index (χ3n) is 1.85. The van der Waals surface area contributed by atoms with Gasteiger partial charge in [-0.3, -0.25) is 9.59 Å². The minimum Gasteiger partial charge on any atom is -0.358 e. The summed E-state index contributed by atoms with van der Waals surface area (Å²) in [7, 11) is 3.34. The standard InChI is InChI=1S/C9H14N4O2/c1-6(9(15)13(2)3)12-7-4-8(14)11-5-10-7/h4-6H,1-3H3,(H2,10,11,12,14). The summed E-state index contributed by atoms with van der Waals surface area (Å²) in [6, 6.07) is 0.897. The first kappa shape index (κ1) is 11.2. The number of nitrogens with one attached hydrogen (secondary N) is 2. The van der Waals surface area contributed by atoms with Crippen LogP contribution in [0.5, 0.6) is 0 Å². The second-order valence-electron chi connectivity index (χ2n) is 3.40. The Morgan fingerprint density at radius 2 is 2.27 bits per heavy atom. The van der Waals surface area contributed by atoms with Crippen molar-refractivity contribution in [1.29, 1.82) is 0 Å². The molecule has 1 heterocycles. The Labute approximate surface area is 87.3 Å². The summed E-state index contributed by atoms with van der Waals surface area (Å²) in [5, 5.41) is 2.84. The van der Waals surface area contributed by atoms with Crippen LogP contribution in [0.4, 0.5) is 5.82 Å².